The van der Waals surface area contributed by atoms with E-state index in [1.165, 1.54) is 37.4 Å². The van der Waals surface area contributed by atoms with Crippen molar-refractivity contribution >= 4 is 29.2 Å². The second-order valence-corrected chi connectivity index (χ2v) is 4.91. The Morgan fingerprint density at radius 3 is 2.64 bits per heavy atom. The number of hydrogen-bond acceptors (Lipinski definition) is 3. The largest absolute Gasteiger partial charge is 0.465 e. The van der Waals surface area contributed by atoms with E-state index in [0.29, 0.717) is 0 Å². The summed E-state index contributed by atoms with van der Waals surface area (Å²) < 4.78 is 18.1. The Bertz CT molecular complexity index is 718. The van der Waals surface area contributed by atoms with Gasteiger partial charge in [-0.15, -0.1) is 0 Å². The number of nitrogens with one attached hydrogen (secondary N) is 1. The lowest BCUT2D eigenvalue weighted by molar-refractivity contribution is -0.115. The number of carbonyl (C=O) groups is 2. The van der Waals surface area contributed by atoms with Crippen LogP contribution in [-0.4, -0.2) is 19.0 Å². The van der Waals surface area contributed by atoms with Crippen molar-refractivity contribution in [2.75, 3.05) is 12.4 Å². The highest BCUT2D eigenvalue weighted by atomic mass is 35.5. The van der Waals surface area contributed by atoms with E-state index in [2.05, 4.69) is 10.1 Å². The number of hydrogen-bond donors (Lipinski definition) is 1. The van der Waals surface area contributed by atoms with Crippen molar-refractivity contribution in [1.82, 2.24) is 0 Å². The number of rotatable bonds is 4. The predicted octanol–water partition coefficient (Wildman–Crippen LogP) is 3.45. The van der Waals surface area contributed by atoms with Gasteiger partial charge in [0.1, 0.15) is 5.82 Å². The summed E-state index contributed by atoms with van der Waals surface area (Å²) in [6, 6.07) is 10.4. The van der Waals surface area contributed by atoms with Crippen LogP contribution in [0, 0.1) is 5.82 Å². The van der Waals surface area contributed by atoms with Crippen LogP contribution in [0.15, 0.2) is 42.5 Å². The van der Waals surface area contributed by atoms with Gasteiger partial charge in [0.2, 0.25) is 5.91 Å². The van der Waals surface area contributed by atoms with Crippen molar-refractivity contribution in [3.63, 3.8) is 0 Å². The van der Waals surface area contributed by atoms with Crippen LogP contribution in [0.4, 0.5) is 10.1 Å². The van der Waals surface area contributed by atoms with E-state index < -0.39 is 17.7 Å². The third kappa shape index (κ3) is 3.83. The lowest BCUT2D eigenvalue weighted by Crippen LogP contribution is -2.16. The van der Waals surface area contributed by atoms with Crippen LogP contribution in [0.2, 0.25) is 5.02 Å². The van der Waals surface area contributed by atoms with Crippen LogP contribution in [0.5, 0.6) is 0 Å². The van der Waals surface area contributed by atoms with E-state index in [9.17, 15) is 14.0 Å². The smallest absolute Gasteiger partial charge is 0.337 e. The van der Waals surface area contributed by atoms with Gasteiger partial charge >= 0.3 is 5.97 Å². The molecule has 0 aliphatic rings. The summed E-state index contributed by atoms with van der Waals surface area (Å²) in [4.78, 5) is 23.5. The van der Waals surface area contributed by atoms with Gasteiger partial charge in [-0.25, -0.2) is 9.18 Å². The van der Waals surface area contributed by atoms with Gasteiger partial charge in [0.25, 0.3) is 0 Å². The quantitative estimate of drug-likeness (QED) is 0.878. The van der Waals surface area contributed by atoms with Crippen molar-refractivity contribution in [1.29, 1.82) is 0 Å². The molecule has 0 heterocycles. The molecule has 1 amide bonds. The highest BCUT2D eigenvalue weighted by molar-refractivity contribution is 6.33. The molecular weight excluding hydrogens is 309 g/mol. The maximum absolute atomic E-state index is 13.5. The van der Waals surface area contributed by atoms with E-state index in [1.807, 2.05) is 0 Å². The topological polar surface area (TPSA) is 55.4 Å². The molecule has 0 aliphatic heterocycles. The minimum absolute atomic E-state index is 0.133. The van der Waals surface area contributed by atoms with Crippen LogP contribution in [0.1, 0.15) is 15.9 Å². The zero-order valence-electron chi connectivity index (χ0n) is 11.7. The average Bonchev–Trinajstić information content (AvgIpc) is 2.51. The Hall–Kier alpha value is -2.40. The SMILES string of the molecule is COC(=O)c1ccc(Cl)c(NC(=O)Cc2ccccc2F)c1. The summed E-state index contributed by atoms with van der Waals surface area (Å²) in [5.74, 6) is -1.43. The van der Waals surface area contributed by atoms with Gasteiger partial charge in [-0.3, -0.25) is 4.79 Å². The van der Waals surface area contributed by atoms with Crippen molar-refractivity contribution in [2.24, 2.45) is 0 Å². The number of methoxy groups -OCH3 is 1. The zero-order valence-corrected chi connectivity index (χ0v) is 12.5. The molecule has 4 nitrogen and oxygen atoms in total. The Kier molecular flexibility index (Phi) is 5.12. The molecule has 0 fully saturated rings. The van der Waals surface area contributed by atoms with E-state index in [1.54, 1.807) is 12.1 Å². The lowest BCUT2D eigenvalue weighted by atomic mass is 10.1. The fourth-order valence-corrected chi connectivity index (χ4v) is 2.04. The minimum Gasteiger partial charge on any atom is -0.465 e. The molecule has 0 bridgehead atoms. The molecule has 0 aromatic heterocycles. The Labute approximate surface area is 131 Å². The van der Waals surface area contributed by atoms with Crippen molar-refractivity contribution < 1.29 is 18.7 Å². The summed E-state index contributed by atoms with van der Waals surface area (Å²) in [6.45, 7) is 0. The third-order valence-corrected chi connectivity index (χ3v) is 3.30. The second kappa shape index (κ2) is 7.04. The van der Waals surface area contributed by atoms with E-state index in [0.717, 1.165) is 0 Å². The molecule has 2 aromatic rings. The van der Waals surface area contributed by atoms with E-state index >= 15 is 0 Å². The molecule has 0 atom stereocenters. The Balaban J connectivity index is 2.14. The molecule has 0 unspecified atom stereocenters. The minimum atomic E-state index is -0.540. The lowest BCUT2D eigenvalue weighted by Gasteiger charge is -2.09. The number of halogens is 2. The summed E-state index contributed by atoms with van der Waals surface area (Å²) in [5.41, 5.74) is 0.805. The molecule has 0 aliphatic carbocycles. The summed E-state index contributed by atoms with van der Waals surface area (Å²) >= 11 is 5.98. The highest BCUT2D eigenvalue weighted by Crippen LogP contribution is 2.23. The maximum atomic E-state index is 13.5. The average molecular weight is 322 g/mol. The first-order valence-corrected chi connectivity index (χ1v) is 6.80. The Morgan fingerprint density at radius 2 is 1.95 bits per heavy atom. The molecule has 1 N–H and O–H groups in total. The summed E-state index contributed by atoms with van der Waals surface area (Å²) in [7, 11) is 1.26. The zero-order chi connectivity index (χ0) is 16.1. The van der Waals surface area contributed by atoms with Gasteiger partial charge in [-0.2, -0.15) is 0 Å². The Morgan fingerprint density at radius 1 is 1.23 bits per heavy atom. The first kappa shape index (κ1) is 16.0. The normalized spacial score (nSPS) is 10.1. The van der Waals surface area contributed by atoms with Crippen LogP contribution >= 0.6 is 11.6 Å². The molecule has 2 aromatic carbocycles. The van der Waals surface area contributed by atoms with E-state index in [4.69, 9.17) is 11.6 Å². The van der Waals surface area contributed by atoms with Crippen LogP contribution in [0.3, 0.4) is 0 Å². The standard InChI is InChI=1S/C16H13ClFNO3/c1-22-16(21)11-6-7-12(17)14(8-11)19-15(20)9-10-4-2-3-5-13(10)18/h2-8H,9H2,1H3,(H,19,20). The predicted molar refractivity (Wildman–Crippen MR) is 81.5 cm³/mol. The molecule has 0 spiro atoms. The fourth-order valence-electron chi connectivity index (χ4n) is 1.88. The van der Waals surface area contributed by atoms with Gasteiger partial charge in [0, 0.05) is 0 Å². The number of benzene rings is 2. The number of amides is 1. The number of anilines is 1. The summed E-state index contributed by atoms with van der Waals surface area (Å²) in [6.07, 6.45) is -0.133. The van der Waals surface area contributed by atoms with Crippen LogP contribution in [-0.2, 0) is 16.0 Å². The monoisotopic (exact) mass is 321 g/mol. The van der Waals surface area contributed by atoms with Crippen LogP contribution in [0.25, 0.3) is 0 Å². The third-order valence-electron chi connectivity index (χ3n) is 2.97. The van der Waals surface area contributed by atoms with E-state index in [-0.39, 0.29) is 28.3 Å². The molecule has 6 heteroatoms. The maximum Gasteiger partial charge on any atom is 0.337 e. The van der Waals surface area contributed by atoms with Gasteiger partial charge < -0.3 is 10.1 Å². The molecule has 22 heavy (non-hydrogen) atoms. The molecule has 0 radical (unpaired) electrons. The molecular formula is C16H13ClFNO3. The van der Waals surface area contributed by atoms with Crippen LogP contribution < -0.4 is 5.32 Å². The molecule has 2 rings (SSSR count). The van der Waals surface area contributed by atoms with Crippen molar-refractivity contribution in [3.05, 3.63) is 64.4 Å². The first-order chi connectivity index (χ1) is 10.5. The van der Waals surface area contributed by atoms with Gasteiger partial charge in [-0.05, 0) is 29.8 Å². The molecule has 0 saturated carbocycles. The molecule has 114 valence electrons. The second-order valence-electron chi connectivity index (χ2n) is 4.50. The number of ether oxygens (including phenoxy) is 1. The highest BCUT2D eigenvalue weighted by Gasteiger charge is 2.12. The number of esters is 1. The van der Waals surface area contributed by atoms with Crippen molar-refractivity contribution in [3.8, 4) is 0 Å². The van der Waals surface area contributed by atoms with Crippen molar-refractivity contribution in [2.45, 2.75) is 6.42 Å². The fraction of sp³-hybridized carbons (Fsp3) is 0.125. The first-order valence-electron chi connectivity index (χ1n) is 6.42. The van der Waals surface area contributed by atoms with Gasteiger partial charge in [0.05, 0.1) is 29.8 Å². The van der Waals surface area contributed by atoms with Gasteiger partial charge in [0.15, 0.2) is 0 Å². The number of carbonyl (C=O) groups excluding carboxylic acids is 2. The molecule has 0 saturated heterocycles. The summed E-state index contributed by atoms with van der Waals surface area (Å²) in [5, 5.41) is 2.83. The van der Waals surface area contributed by atoms with Gasteiger partial charge in [-0.1, -0.05) is 29.8 Å².